The molecule has 1 saturated carbocycles. The summed E-state index contributed by atoms with van der Waals surface area (Å²) in [5, 5.41) is 0. The van der Waals surface area contributed by atoms with E-state index in [-0.39, 0.29) is 12.1 Å². The van der Waals surface area contributed by atoms with Gasteiger partial charge in [0.1, 0.15) is 11.9 Å². The molecule has 110 valence electrons. The molecule has 0 amide bonds. The second-order valence-corrected chi connectivity index (χ2v) is 5.90. The number of carbonyl (C=O) groups is 1. The van der Waals surface area contributed by atoms with Gasteiger partial charge in [0.15, 0.2) is 0 Å². The summed E-state index contributed by atoms with van der Waals surface area (Å²) in [4.78, 5) is 12.2. The lowest BCUT2D eigenvalue weighted by molar-refractivity contribution is 0.00803. The van der Waals surface area contributed by atoms with Crippen molar-refractivity contribution in [1.29, 1.82) is 0 Å². The topological polar surface area (TPSA) is 61.5 Å². The highest BCUT2D eigenvalue weighted by atomic mass is 16.5. The zero-order valence-corrected chi connectivity index (χ0v) is 12.4. The van der Waals surface area contributed by atoms with Crippen LogP contribution >= 0.6 is 0 Å². The predicted octanol–water partition coefficient (Wildman–Crippen LogP) is 3.26. The van der Waals surface area contributed by atoms with Gasteiger partial charge in [-0.15, -0.1) is 0 Å². The molecule has 0 aliphatic heterocycles. The maximum Gasteiger partial charge on any atom is 0.338 e. The monoisotopic (exact) mass is 277 g/mol. The molecule has 2 unspecified atom stereocenters. The lowest BCUT2D eigenvalue weighted by Gasteiger charge is -2.31. The van der Waals surface area contributed by atoms with Gasteiger partial charge in [0, 0.05) is 0 Å². The predicted molar refractivity (Wildman–Crippen MR) is 78.8 cm³/mol. The summed E-state index contributed by atoms with van der Waals surface area (Å²) in [6, 6.07) is 4.98. The molecule has 0 saturated heterocycles. The van der Waals surface area contributed by atoms with E-state index in [0.29, 0.717) is 28.8 Å². The van der Waals surface area contributed by atoms with Gasteiger partial charge in [0.25, 0.3) is 0 Å². The highest BCUT2D eigenvalue weighted by Crippen LogP contribution is 2.31. The highest BCUT2D eigenvalue weighted by molar-refractivity contribution is 5.90. The van der Waals surface area contributed by atoms with Gasteiger partial charge in [-0.05, 0) is 49.3 Å². The average molecular weight is 277 g/mol. The molecule has 1 aliphatic carbocycles. The van der Waals surface area contributed by atoms with Crippen LogP contribution in [0.5, 0.6) is 5.75 Å². The van der Waals surface area contributed by atoms with Crippen LogP contribution in [0.15, 0.2) is 18.2 Å². The van der Waals surface area contributed by atoms with Gasteiger partial charge < -0.3 is 15.2 Å². The molecule has 2 N–H and O–H groups in total. The van der Waals surface area contributed by atoms with Crippen molar-refractivity contribution in [2.75, 3.05) is 12.8 Å². The number of nitrogens with two attached hydrogens (primary N) is 1. The Balaban J connectivity index is 2.04. The van der Waals surface area contributed by atoms with Crippen LogP contribution in [0.1, 0.15) is 43.5 Å². The first kappa shape index (κ1) is 14.7. The second kappa shape index (κ2) is 6.16. The largest absolute Gasteiger partial charge is 0.495 e. The van der Waals surface area contributed by atoms with Gasteiger partial charge >= 0.3 is 5.97 Å². The highest BCUT2D eigenvalue weighted by Gasteiger charge is 2.27. The van der Waals surface area contributed by atoms with Gasteiger partial charge in [-0.25, -0.2) is 4.79 Å². The average Bonchev–Trinajstić information content (AvgIpc) is 2.37. The lowest BCUT2D eigenvalue weighted by Crippen LogP contribution is -2.28. The Morgan fingerprint density at radius 3 is 2.45 bits per heavy atom. The molecular formula is C16H23NO3. The SMILES string of the molecule is COc1cc(C(=O)OC2CC(C)CC(C)C2)ccc1N. The molecular weight excluding hydrogens is 254 g/mol. The molecule has 1 aromatic rings. The summed E-state index contributed by atoms with van der Waals surface area (Å²) < 4.78 is 10.7. The standard InChI is InChI=1S/C16H23NO3/c1-10-6-11(2)8-13(7-10)20-16(18)12-4-5-14(17)15(9-12)19-3/h4-5,9-11,13H,6-8,17H2,1-3H3. The van der Waals surface area contributed by atoms with Crippen LogP contribution in [0, 0.1) is 11.8 Å². The van der Waals surface area contributed by atoms with Crippen LogP contribution in [0.25, 0.3) is 0 Å². The number of hydrogen-bond acceptors (Lipinski definition) is 4. The normalized spacial score (nSPS) is 26.1. The molecule has 4 heteroatoms. The number of benzene rings is 1. The van der Waals surface area contributed by atoms with Crippen molar-refractivity contribution in [2.45, 2.75) is 39.2 Å². The third-order valence-electron chi connectivity index (χ3n) is 3.88. The number of esters is 1. The number of hydrogen-bond donors (Lipinski definition) is 1. The first-order chi connectivity index (χ1) is 9.49. The van der Waals surface area contributed by atoms with E-state index in [1.165, 1.54) is 13.5 Å². The van der Waals surface area contributed by atoms with Crippen LogP contribution in [-0.4, -0.2) is 19.2 Å². The number of rotatable bonds is 3. The minimum Gasteiger partial charge on any atom is -0.495 e. The molecule has 20 heavy (non-hydrogen) atoms. The van der Waals surface area contributed by atoms with Crippen molar-refractivity contribution in [3.05, 3.63) is 23.8 Å². The smallest absolute Gasteiger partial charge is 0.338 e. The molecule has 2 rings (SSSR count). The van der Waals surface area contributed by atoms with E-state index in [0.717, 1.165) is 12.8 Å². The fraction of sp³-hybridized carbons (Fsp3) is 0.562. The Bertz CT molecular complexity index is 477. The first-order valence-electron chi connectivity index (χ1n) is 7.14. The van der Waals surface area contributed by atoms with Crippen molar-refractivity contribution >= 4 is 11.7 Å². The summed E-state index contributed by atoms with van der Waals surface area (Å²) in [5.41, 5.74) is 6.75. The fourth-order valence-corrected chi connectivity index (χ4v) is 3.03. The summed E-state index contributed by atoms with van der Waals surface area (Å²) in [5.74, 6) is 1.43. The number of carbonyl (C=O) groups excluding carboxylic acids is 1. The minimum absolute atomic E-state index is 0.0183. The zero-order chi connectivity index (χ0) is 14.7. The first-order valence-corrected chi connectivity index (χ1v) is 7.14. The van der Waals surface area contributed by atoms with Crippen LogP contribution in [0.2, 0.25) is 0 Å². The maximum atomic E-state index is 12.2. The van der Waals surface area contributed by atoms with E-state index in [1.807, 2.05) is 0 Å². The van der Waals surface area contributed by atoms with Crippen molar-refractivity contribution < 1.29 is 14.3 Å². The number of ether oxygens (including phenoxy) is 2. The van der Waals surface area contributed by atoms with Gasteiger partial charge in [0.05, 0.1) is 18.4 Å². The van der Waals surface area contributed by atoms with Crippen LogP contribution in [0.3, 0.4) is 0 Å². The van der Waals surface area contributed by atoms with Crippen LogP contribution < -0.4 is 10.5 Å². The quantitative estimate of drug-likeness (QED) is 0.680. The Hall–Kier alpha value is -1.71. The molecule has 1 aromatic carbocycles. The molecule has 1 aliphatic rings. The van der Waals surface area contributed by atoms with E-state index < -0.39 is 0 Å². The maximum absolute atomic E-state index is 12.2. The Morgan fingerprint density at radius 2 is 1.85 bits per heavy atom. The van der Waals surface area contributed by atoms with Crippen molar-refractivity contribution in [2.24, 2.45) is 11.8 Å². The van der Waals surface area contributed by atoms with E-state index >= 15 is 0 Å². The van der Waals surface area contributed by atoms with Gasteiger partial charge in [0.2, 0.25) is 0 Å². The van der Waals surface area contributed by atoms with Gasteiger partial charge in [-0.2, -0.15) is 0 Å². The number of nitrogen functional groups attached to an aromatic ring is 1. The lowest BCUT2D eigenvalue weighted by atomic mass is 9.82. The third kappa shape index (κ3) is 3.44. The van der Waals surface area contributed by atoms with E-state index in [2.05, 4.69) is 13.8 Å². The van der Waals surface area contributed by atoms with Crippen molar-refractivity contribution in [3.8, 4) is 5.75 Å². The Labute approximate surface area is 120 Å². The van der Waals surface area contributed by atoms with Crippen molar-refractivity contribution in [1.82, 2.24) is 0 Å². The summed E-state index contributed by atoms with van der Waals surface area (Å²) in [6.07, 6.45) is 3.12. The molecule has 0 radical (unpaired) electrons. The van der Waals surface area contributed by atoms with E-state index in [4.69, 9.17) is 15.2 Å². The number of anilines is 1. The van der Waals surface area contributed by atoms with Crippen molar-refractivity contribution in [3.63, 3.8) is 0 Å². The van der Waals surface area contributed by atoms with E-state index in [9.17, 15) is 4.79 Å². The summed E-state index contributed by atoms with van der Waals surface area (Å²) in [7, 11) is 1.53. The molecule has 4 nitrogen and oxygen atoms in total. The molecule has 2 atom stereocenters. The molecule has 1 fully saturated rings. The molecule has 0 heterocycles. The molecule has 0 bridgehead atoms. The van der Waals surface area contributed by atoms with E-state index in [1.54, 1.807) is 18.2 Å². The zero-order valence-electron chi connectivity index (χ0n) is 12.4. The van der Waals surface area contributed by atoms with Crippen LogP contribution in [0.4, 0.5) is 5.69 Å². The third-order valence-corrected chi connectivity index (χ3v) is 3.88. The van der Waals surface area contributed by atoms with Crippen LogP contribution in [-0.2, 0) is 4.74 Å². The fourth-order valence-electron chi connectivity index (χ4n) is 3.03. The number of methoxy groups -OCH3 is 1. The summed E-state index contributed by atoms with van der Waals surface area (Å²) in [6.45, 7) is 4.42. The molecule has 0 spiro atoms. The Morgan fingerprint density at radius 1 is 1.20 bits per heavy atom. The van der Waals surface area contributed by atoms with Gasteiger partial charge in [-0.1, -0.05) is 13.8 Å². The summed E-state index contributed by atoms with van der Waals surface area (Å²) >= 11 is 0. The Kier molecular flexibility index (Phi) is 4.53. The van der Waals surface area contributed by atoms with Gasteiger partial charge in [-0.3, -0.25) is 0 Å². The minimum atomic E-state index is -0.297. The molecule has 0 aromatic heterocycles. The second-order valence-electron chi connectivity index (χ2n) is 5.90.